The Morgan fingerprint density at radius 3 is 2.22 bits per heavy atom. The topological polar surface area (TPSA) is 57.5 Å². The Labute approximate surface area is 141 Å². The van der Waals surface area contributed by atoms with E-state index < -0.39 is 5.97 Å². The largest absolute Gasteiger partial charge is 0.481 e. The summed E-state index contributed by atoms with van der Waals surface area (Å²) in [6, 6.07) is 0. The van der Waals surface area contributed by atoms with Crippen molar-refractivity contribution in [3.8, 4) is 0 Å². The average molecular weight is 322 g/mol. The Hall–Kier alpha value is -1.35. The van der Waals surface area contributed by atoms with Crippen molar-refractivity contribution in [1.29, 1.82) is 0 Å². The summed E-state index contributed by atoms with van der Waals surface area (Å²) < 4.78 is 0. The number of hydrogen-bond donors (Lipinski definition) is 2. The van der Waals surface area contributed by atoms with E-state index in [0.29, 0.717) is 0 Å². The van der Waals surface area contributed by atoms with Crippen molar-refractivity contribution >= 4 is 5.97 Å². The van der Waals surface area contributed by atoms with E-state index >= 15 is 0 Å². The molecule has 23 heavy (non-hydrogen) atoms. The van der Waals surface area contributed by atoms with Crippen LogP contribution in [0.25, 0.3) is 0 Å². The molecule has 0 radical (unpaired) electrons. The maximum Gasteiger partial charge on any atom is 0.303 e. The summed E-state index contributed by atoms with van der Waals surface area (Å²) in [7, 11) is 0. The van der Waals surface area contributed by atoms with Crippen molar-refractivity contribution in [2.45, 2.75) is 83.7 Å². The standard InChI is InChI=1S/C20H34O3/c1-2-3-13-16-19(21)17-14-11-9-7-5-4-6-8-10-12-15-18-20(22)23/h5-8,11,14,19,21H,2-4,9-10,12-13,15-18H2,1H3,(H,22,23)/b7-5-,8-6-,14-11-. The minimum absolute atomic E-state index is 0.189. The van der Waals surface area contributed by atoms with E-state index in [1.54, 1.807) is 0 Å². The zero-order valence-electron chi connectivity index (χ0n) is 14.6. The van der Waals surface area contributed by atoms with Crippen LogP contribution in [0.15, 0.2) is 36.5 Å². The molecule has 1 unspecified atom stereocenters. The van der Waals surface area contributed by atoms with Crippen LogP contribution >= 0.6 is 0 Å². The fraction of sp³-hybridized carbons (Fsp3) is 0.650. The number of aliphatic carboxylic acids is 1. The zero-order chi connectivity index (χ0) is 17.2. The Morgan fingerprint density at radius 2 is 1.57 bits per heavy atom. The highest BCUT2D eigenvalue weighted by Gasteiger charge is 1.99. The number of unbranched alkanes of at least 4 members (excludes halogenated alkanes) is 4. The van der Waals surface area contributed by atoms with Crippen LogP contribution in [0.5, 0.6) is 0 Å². The second-order valence-corrected chi connectivity index (χ2v) is 5.91. The van der Waals surface area contributed by atoms with Crippen molar-refractivity contribution in [2.75, 3.05) is 0 Å². The molecule has 0 bridgehead atoms. The first kappa shape index (κ1) is 21.6. The van der Waals surface area contributed by atoms with Crippen LogP contribution in [-0.2, 0) is 4.79 Å². The van der Waals surface area contributed by atoms with Gasteiger partial charge in [0.25, 0.3) is 0 Å². The molecule has 0 aromatic carbocycles. The number of aliphatic hydroxyl groups excluding tert-OH is 1. The van der Waals surface area contributed by atoms with Gasteiger partial charge in [-0.3, -0.25) is 4.79 Å². The summed E-state index contributed by atoms with van der Waals surface area (Å²) in [4.78, 5) is 10.3. The number of rotatable bonds is 15. The lowest BCUT2D eigenvalue weighted by Crippen LogP contribution is -2.03. The van der Waals surface area contributed by atoms with Crippen LogP contribution in [0.1, 0.15) is 77.6 Å². The number of allylic oxidation sites excluding steroid dienone is 5. The van der Waals surface area contributed by atoms with E-state index in [-0.39, 0.29) is 12.5 Å². The minimum Gasteiger partial charge on any atom is -0.481 e. The lowest BCUT2D eigenvalue weighted by atomic mass is 10.1. The molecule has 0 heterocycles. The van der Waals surface area contributed by atoms with E-state index in [1.807, 2.05) is 0 Å². The Morgan fingerprint density at radius 1 is 0.913 bits per heavy atom. The van der Waals surface area contributed by atoms with Gasteiger partial charge >= 0.3 is 5.97 Å². The predicted molar refractivity (Wildman–Crippen MR) is 97.5 cm³/mol. The third-order valence-corrected chi connectivity index (χ3v) is 3.60. The van der Waals surface area contributed by atoms with Crippen molar-refractivity contribution in [3.05, 3.63) is 36.5 Å². The van der Waals surface area contributed by atoms with Crippen LogP contribution in [0.3, 0.4) is 0 Å². The fourth-order valence-electron chi connectivity index (χ4n) is 2.20. The number of carboxylic acids is 1. The van der Waals surface area contributed by atoms with Crippen molar-refractivity contribution in [1.82, 2.24) is 0 Å². The highest BCUT2D eigenvalue weighted by atomic mass is 16.4. The van der Waals surface area contributed by atoms with Gasteiger partial charge in [-0.1, -0.05) is 62.6 Å². The third-order valence-electron chi connectivity index (χ3n) is 3.60. The lowest BCUT2D eigenvalue weighted by molar-refractivity contribution is -0.137. The summed E-state index contributed by atoms with van der Waals surface area (Å²) in [5, 5.41) is 18.3. The van der Waals surface area contributed by atoms with Gasteiger partial charge in [-0.05, 0) is 44.9 Å². The molecule has 1 atom stereocenters. The van der Waals surface area contributed by atoms with Gasteiger partial charge < -0.3 is 10.2 Å². The first-order valence-corrected chi connectivity index (χ1v) is 9.01. The molecule has 0 saturated heterocycles. The fourth-order valence-corrected chi connectivity index (χ4v) is 2.20. The number of carbonyl (C=O) groups is 1. The van der Waals surface area contributed by atoms with E-state index in [0.717, 1.165) is 51.4 Å². The molecule has 0 aromatic rings. The average Bonchev–Trinajstić information content (AvgIpc) is 2.51. The molecule has 0 spiro atoms. The van der Waals surface area contributed by atoms with Crippen LogP contribution in [-0.4, -0.2) is 22.3 Å². The van der Waals surface area contributed by atoms with Crippen molar-refractivity contribution in [3.63, 3.8) is 0 Å². The summed E-state index contributed by atoms with van der Waals surface area (Å²) in [5.74, 6) is -0.710. The molecule has 0 aliphatic rings. The molecule has 3 heteroatoms. The monoisotopic (exact) mass is 322 g/mol. The highest BCUT2D eigenvalue weighted by molar-refractivity contribution is 5.66. The van der Waals surface area contributed by atoms with Gasteiger partial charge in [-0.15, -0.1) is 0 Å². The number of aliphatic hydroxyl groups is 1. The minimum atomic E-state index is -0.710. The molecule has 2 N–H and O–H groups in total. The third kappa shape index (κ3) is 18.6. The van der Waals surface area contributed by atoms with Crippen molar-refractivity contribution in [2.24, 2.45) is 0 Å². The summed E-state index contributed by atoms with van der Waals surface area (Å²) in [5.41, 5.74) is 0. The first-order chi connectivity index (χ1) is 11.2. The first-order valence-electron chi connectivity index (χ1n) is 9.01. The van der Waals surface area contributed by atoms with Gasteiger partial charge in [-0.25, -0.2) is 0 Å². The maximum absolute atomic E-state index is 10.3. The summed E-state index contributed by atoms with van der Waals surface area (Å²) in [6.07, 6.45) is 22.4. The zero-order valence-corrected chi connectivity index (χ0v) is 14.6. The SMILES string of the molecule is CCCCCC(O)C/C=C\C/C=C\C/C=C\CCCCC(=O)O. The normalized spacial score (nSPS) is 13.5. The molecule has 0 saturated carbocycles. The molecule has 0 aliphatic heterocycles. The predicted octanol–water partition coefficient (Wildman–Crippen LogP) is 5.41. The number of carboxylic acid groups (broad SMARTS) is 1. The second-order valence-electron chi connectivity index (χ2n) is 5.91. The Bertz CT molecular complexity index is 356. The summed E-state index contributed by atoms with van der Waals surface area (Å²) >= 11 is 0. The Balaban J connectivity index is 3.45. The quantitative estimate of drug-likeness (QED) is 0.313. The van der Waals surface area contributed by atoms with Gasteiger partial charge in [0, 0.05) is 6.42 Å². The molecule has 0 amide bonds. The molecule has 3 nitrogen and oxygen atoms in total. The van der Waals surface area contributed by atoms with E-state index in [9.17, 15) is 9.90 Å². The lowest BCUT2D eigenvalue weighted by Gasteiger charge is -2.06. The number of hydrogen-bond acceptors (Lipinski definition) is 2. The second kappa shape index (κ2) is 17.0. The van der Waals surface area contributed by atoms with Crippen molar-refractivity contribution < 1.29 is 15.0 Å². The van der Waals surface area contributed by atoms with Crippen LogP contribution < -0.4 is 0 Å². The molecule has 0 aromatic heterocycles. The molecule has 0 rings (SSSR count). The van der Waals surface area contributed by atoms with Gasteiger partial charge in [0.15, 0.2) is 0 Å². The van der Waals surface area contributed by atoms with Gasteiger partial charge in [0.05, 0.1) is 6.10 Å². The van der Waals surface area contributed by atoms with Crippen LogP contribution in [0.2, 0.25) is 0 Å². The maximum atomic E-state index is 10.3. The molecule has 132 valence electrons. The molecule has 0 aliphatic carbocycles. The van der Waals surface area contributed by atoms with E-state index in [1.165, 1.54) is 12.8 Å². The van der Waals surface area contributed by atoms with Crippen LogP contribution in [0, 0.1) is 0 Å². The van der Waals surface area contributed by atoms with Gasteiger partial charge in [-0.2, -0.15) is 0 Å². The van der Waals surface area contributed by atoms with E-state index in [4.69, 9.17) is 5.11 Å². The molecule has 0 fully saturated rings. The van der Waals surface area contributed by atoms with Gasteiger partial charge in [0.2, 0.25) is 0 Å². The molecular formula is C20H34O3. The van der Waals surface area contributed by atoms with E-state index in [2.05, 4.69) is 43.4 Å². The Kier molecular flexibility index (Phi) is 16.0. The smallest absolute Gasteiger partial charge is 0.303 e. The summed E-state index contributed by atoms with van der Waals surface area (Å²) in [6.45, 7) is 2.17. The van der Waals surface area contributed by atoms with Gasteiger partial charge in [0.1, 0.15) is 0 Å². The van der Waals surface area contributed by atoms with Crippen LogP contribution in [0.4, 0.5) is 0 Å². The molecular weight excluding hydrogens is 288 g/mol. The highest BCUT2D eigenvalue weighted by Crippen LogP contribution is 2.07.